The molecular weight excluding hydrogens is 502 g/mol. The standard InChI is InChI=1S/C30H26BrNO3/c1-30(2)18-26-24(27(33)19-30)17-25(32(26)23-15-13-22(31)14-16-23)28(20-9-5-3-6-10-20)35-29(34)21-11-7-4-8-12-21/h3-17,28H,18-19H2,1-2H3. The monoisotopic (exact) mass is 527 g/mol. The molecule has 0 radical (unpaired) electrons. The summed E-state index contributed by atoms with van der Waals surface area (Å²) in [6, 6.07) is 28.6. The Morgan fingerprint density at radius 2 is 1.54 bits per heavy atom. The maximum Gasteiger partial charge on any atom is 0.339 e. The van der Waals surface area contributed by atoms with Crippen LogP contribution in [0, 0.1) is 5.41 Å². The molecule has 5 rings (SSSR count). The van der Waals surface area contributed by atoms with E-state index < -0.39 is 12.1 Å². The van der Waals surface area contributed by atoms with E-state index in [1.807, 2.05) is 78.9 Å². The van der Waals surface area contributed by atoms with Gasteiger partial charge in [0.25, 0.3) is 0 Å². The summed E-state index contributed by atoms with van der Waals surface area (Å²) in [6.45, 7) is 4.24. The molecule has 0 aliphatic heterocycles. The third-order valence-corrected chi connectivity index (χ3v) is 6.94. The first-order chi connectivity index (χ1) is 16.8. The van der Waals surface area contributed by atoms with E-state index in [1.165, 1.54) is 0 Å². The molecule has 1 aliphatic carbocycles. The highest BCUT2D eigenvalue weighted by atomic mass is 79.9. The summed E-state index contributed by atoms with van der Waals surface area (Å²) in [5, 5.41) is 0. The summed E-state index contributed by atoms with van der Waals surface area (Å²) in [5.41, 5.74) is 4.52. The highest BCUT2D eigenvalue weighted by molar-refractivity contribution is 9.10. The Morgan fingerprint density at radius 1 is 0.914 bits per heavy atom. The van der Waals surface area contributed by atoms with Gasteiger partial charge in [-0.1, -0.05) is 78.3 Å². The number of benzene rings is 3. The molecular formula is C30H26BrNO3. The predicted molar refractivity (Wildman–Crippen MR) is 140 cm³/mol. The van der Waals surface area contributed by atoms with Crippen molar-refractivity contribution in [3.63, 3.8) is 0 Å². The smallest absolute Gasteiger partial charge is 0.339 e. The van der Waals surface area contributed by atoms with Crippen LogP contribution in [0.15, 0.2) is 95.5 Å². The SMILES string of the molecule is CC1(C)CC(=O)c2cc(C(OC(=O)c3ccccc3)c3ccccc3)n(-c3ccc(Br)cc3)c2C1. The number of halogens is 1. The Morgan fingerprint density at radius 3 is 2.20 bits per heavy atom. The van der Waals surface area contributed by atoms with Crippen LogP contribution in [0.1, 0.15) is 64.0 Å². The van der Waals surface area contributed by atoms with Gasteiger partial charge in [-0.05, 0) is 59.9 Å². The molecule has 4 nitrogen and oxygen atoms in total. The fourth-order valence-corrected chi connectivity index (χ4v) is 5.06. The first-order valence-corrected chi connectivity index (χ1v) is 12.5. The lowest BCUT2D eigenvalue weighted by Crippen LogP contribution is -2.28. The van der Waals surface area contributed by atoms with Gasteiger partial charge in [-0.25, -0.2) is 4.79 Å². The van der Waals surface area contributed by atoms with Crippen LogP contribution in [0.25, 0.3) is 5.69 Å². The number of esters is 1. The number of hydrogen-bond donors (Lipinski definition) is 0. The first kappa shape index (κ1) is 23.3. The van der Waals surface area contributed by atoms with Gasteiger partial charge < -0.3 is 9.30 Å². The van der Waals surface area contributed by atoms with Gasteiger partial charge in [0.1, 0.15) is 0 Å². The lowest BCUT2D eigenvalue weighted by atomic mass is 9.76. The molecule has 35 heavy (non-hydrogen) atoms. The zero-order chi connectivity index (χ0) is 24.6. The van der Waals surface area contributed by atoms with Crippen molar-refractivity contribution in [2.45, 2.75) is 32.8 Å². The molecule has 3 aromatic carbocycles. The summed E-state index contributed by atoms with van der Waals surface area (Å²) < 4.78 is 9.25. The molecule has 0 amide bonds. The summed E-state index contributed by atoms with van der Waals surface area (Å²) >= 11 is 3.52. The zero-order valence-electron chi connectivity index (χ0n) is 19.7. The Bertz CT molecular complexity index is 1370. The average Bonchev–Trinajstić information content (AvgIpc) is 3.22. The maximum atomic E-state index is 13.2. The fraction of sp³-hybridized carbons (Fsp3) is 0.200. The van der Waals surface area contributed by atoms with E-state index in [2.05, 4.69) is 34.3 Å². The predicted octanol–water partition coefficient (Wildman–Crippen LogP) is 7.34. The number of rotatable bonds is 5. The van der Waals surface area contributed by atoms with Crippen molar-refractivity contribution >= 4 is 27.7 Å². The summed E-state index contributed by atoms with van der Waals surface area (Å²) in [7, 11) is 0. The molecule has 0 N–H and O–H groups in total. The van der Waals surface area contributed by atoms with E-state index in [1.54, 1.807) is 12.1 Å². The van der Waals surface area contributed by atoms with Crippen molar-refractivity contribution < 1.29 is 14.3 Å². The van der Waals surface area contributed by atoms with Crippen molar-refractivity contribution in [3.05, 3.63) is 124 Å². The average molecular weight is 528 g/mol. The number of nitrogens with zero attached hydrogens (tertiary/aromatic N) is 1. The van der Waals surface area contributed by atoms with Crippen molar-refractivity contribution in [2.75, 3.05) is 0 Å². The molecule has 1 heterocycles. The van der Waals surface area contributed by atoms with Crippen molar-refractivity contribution in [2.24, 2.45) is 5.41 Å². The molecule has 176 valence electrons. The van der Waals surface area contributed by atoms with Gasteiger partial charge in [0.2, 0.25) is 0 Å². The summed E-state index contributed by atoms with van der Waals surface area (Å²) in [6.07, 6.45) is 0.552. The third-order valence-electron chi connectivity index (χ3n) is 6.41. The molecule has 0 fully saturated rings. The second-order valence-electron chi connectivity index (χ2n) is 9.74. The number of aromatic nitrogens is 1. The third kappa shape index (κ3) is 4.73. The Kier molecular flexibility index (Phi) is 6.20. The topological polar surface area (TPSA) is 48.3 Å². The van der Waals surface area contributed by atoms with Crippen molar-refractivity contribution in [1.29, 1.82) is 0 Å². The van der Waals surface area contributed by atoms with Gasteiger partial charge in [0, 0.05) is 27.8 Å². The van der Waals surface area contributed by atoms with Crippen LogP contribution in [0.5, 0.6) is 0 Å². The normalized spacial score (nSPS) is 15.3. The molecule has 1 atom stereocenters. The van der Waals surface area contributed by atoms with Gasteiger partial charge in [-0.15, -0.1) is 0 Å². The fourth-order valence-electron chi connectivity index (χ4n) is 4.80. The van der Waals surface area contributed by atoms with E-state index in [0.717, 1.165) is 33.5 Å². The van der Waals surface area contributed by atoms with Crippen LogP contribution < -0.4 is 0 Å². The van der Waals surface area contributed by atoms with Gasteiger partial charge >= 0.3 is 5.97 Å². The van der Waals surface area contributed by atoms with Gasteiger partial charge in [-0.3, -0.25) is 4.79 Å². The van der Waals surface area contributed by atoms with Crippen LogP contribution in [0.2, 0.25) is 0 Å². The Labute approximate surface area is 213 Å². The summed E-state index contributed by atoms with van der Waals surface area (Å²) in [4.78, 5) is 26.4. The maximum absolute atomic E-state index is 13.2. The Balaban J connectivity index is 1.71. The van der Waals surface area contributed by atoms with E-state index >= 15 is 0 Å². The molecule has 0 saturated heterocycles. The van der Waals surface area contributed by atoms with Crippen LogP contribution in [-0.4, -0.2) is 16.3 Å². The number of carbonyl (C=O) groups is 2. The van der Waals surface area contributed by atoms with Crippen LogP contribution in [0.4, 0.5) is 0 Å². The van der Waals surface area contributed by atoms with Crippen molar-refractivity contribution in [3.8, 4) is 5.69 Å². The number of hydrogen-bond acceptors (Lipinski definition) is 3. The minimum Gasteiger partial charge on any atom is -0.447 e. The number of Topliss-reactive ketones (excluding diaryl/α,β-unsaturated/α-hetero) is 1. The largest absolute Gasteiger partial charge is 0.447 e. The number of ketones is 1. The van der Waals surface area contributed by atoms with Crippen LogP contribution in [0.3, 0.4) is 0 Å². The lowest BCUT2D eigenvalue weighted by molar-refractivity contribution is 0.0367. The molecule has 0 spiro atoms. The molecule has 0 bridgehead atoms. The number of fused-ring (bicyclic) bond motifs is 1. The van der Waals surface area contributed by atoms with E-state index in [4.69, 9.17) is 4.74 Å². The quantitative estimate of drug-likeness (QED) is 0.255. The molecule has 0 saturated carbocycles. The zero-order valence-corrected chi connectivity index (χ0v) is 21.3. The highest BCUT2D eigenvalue weighted by Gasteiger charge is 2.37. The van der Waals surface area contributed by atoms with E-state index in [9.17, 15) is 9.59 Å². The highest BCUT2D eigenvalue weighted by Crippen LogP contribution is 2.41. The molecule has 5 heteroatoms. The molecule has 1 unspecified atom stereocenters. The molecule has 4 aromatic rings. The van der Waals surface area contributed by atoms with Crippen molar-refractivity contribution in [1.82, 2.24) is 4.57 Å². The van der Waals surface area contributed by atoms with E-state index in [0.29, 0.717) is 17.5 Å². The van der Waals surface area contributed by atoms with Crippen LogP contribution in [-0.2, 0) is 11.2 Å². The van der Waals surface area contributed by atoms with Gasteiger partial charge in [0.05, 0.1) is 11.3 Å². The second-order valence-corrected chi connectivity index (χ2v) is 10.7. The minimum absolute atomic E-state index is 0.120. The lowest BCUT2D eigenvalue weighted by Gasteiger charge is -2.30. The van der Waals surface area contributed by atoms with E-state index in [-0.39, 0.29) is 11.2 Å². The van der Waals surface area contributed by atoms with Gasteiger partial charge in [0.15, 0.2) is 11.9 Å². The first-order valence-electron chi connectivity index (χ1n) is 11.7. The minimum atomic E-state index is -0.686. The van der Waals surface area contributed by atoms with Gasteiger partial charge in [-0.2, -0.15) is 0 Å². The molecule has 1 aromatic heterocycles. The number of ether oxygens (including phenoxy) is 1. The summed E-state index contributed by atoms with van der Waals surface area (Å²) in [5.74, 6) is -0.290. The second kappa shape index (κ2) is 9.31. The number of carbonyl (C=O) groups excluding carboxylic acids is 2. The van der Waals surface area contributed by atoms with Crippen LogP contribution >= 0.6 is 15.9 Å². The molecule has 1 aliphatic rings. The Hall–Kier alpha value is -3.44.